The summed E-state index contributed by atoms with van der Waals surface area (Å²) < 4.78 is 9.72. The Balaban J connectivity index is 2.36. The van der Waals surface area contributed by atoms with Crippen molar-refractivity contribution in [3.8, 4) is 0 Å². The van der Waals surface area contributed by atoms with Crippen LogP contribution in [0.3, 0.4) is 0 Å². The van der Waals surface area contributed by atoms with Gasteiger partial charge in [0.15, 0.2) is 12.2 Å². The molecule has 6 heteroatoms. The van der Waals surface area contributed by atoms with Crippen molar-refractivity contribution in [3.05, 3.63) is 0 Å². The van der Waals surface area contributed by atoms with Crippen LogP contribution in [0, 0.1) is 5.92 Å². The third-order valence-corrected chi connectivity index (χ3v) is 2.59. The molecule has 1 aliphatic rings. The van der Waals surface area contributed by atoms with Crippen LogP contribution in [-0.4, -0.2) is 48.4 Å². The molecule has 0 radical (unpaired) electrons. The van der Waals surface area contributed by atoms with Gasteiger partial charge in [-0.25, -0.2) is 4.79 Å². The van der Waals surface area contributed by atoms with Crippen LogP contribution < -0.4 is 5.32 Å². The summed E-state index contributed by atoms with van der Waals surface area (Å²) in [5, 5.41) is 11.8. The number of rotatable bonds is 7. The van der Waals surface area contributed by atoms with E-state index >= 15 is 0 Å². The van der Waals surface area contributed by atoms with Crippen molar-refractivity contribution in [1.82, 2.24) is 5.32 Å². The Morgan fingerprint density at radius 3 is 2.56 bits per heavy atom. The van der Waals surface area contributed by atoms with E-state index in [1.807, 2.05) is 13.8 Å². The van der Waals surface area contributed by atoms with Gasteiger partial charge in [0.1, 0.15) is 0 Å². The van der Waals surface area contributed by atoms with Gasteiger partial charge < -0.3 is 19.9 Å². The third-order valence-electron chi connectivity index (χ3n) is 2.59. The predicted molar refractivity (Wildman–Crippen MR) is 63.8 cm³/mol. The second-order valence-corrected chi connectivity index (χ2v) is 4.75. The molecule has 0 aliphatic carbocycles. The maximum atomic E-state index is 11.7. The van der Waals surface area contributed by atoms with Crippen molar-refractivity contribution in [2.75, 3.05) is 13.2 Å². The fourth-order valence-corrected chi connectivity index (χ4v) is 1.75. The van der Waals surface area contributed by atoms with E-state index in [4.69, 9.17) is 14.6 Å². The molecule has 18 heavy (non-hydrogen) atoms. The fourth-order valence-electron chi connectivity index (χ4n) is 1.75. The van der Waals surface area contributed by atoms with Crippen LogP contribution in [0.1, 0.15) is 27.2 Å². The van der Waals surface area contributed by atoms with Gasteiger partial charge in [0.25, 0.3) is 5.91 Å². The minimum atomic E-state index is -0.789. The lowest BCUT2D eigenvalue weighted by Gasteiger charge is -2.17. The van der Waals surface area contributed by atoms with Crippen LogP contribution >= 0.6 is 0 Å². The van der Waals surface area contributed by atoms with Crippen LogP contribution in [0.4, 0.5) is 0 Å². The molecule has 0 aromatic rings. The minimum absolute atomic E-state index is 0.124. The van der Waals surface area contributed by atoms with Crippen molar-refractivity contribution in [2.45, 2.75) is 45.4 Å². The van der Waals surface area contributed by atoms with Gasteiger partial charge in [-0.3, -0.25) is 4.79 Å². The first-order chi connectivity index (χ1) is 8.49. The zero-order valence-electron chi connectivity index (χ0n) is 11.0. The average molecular weight is 259 g/mol. The Labute approximate surface area is 107 Å². The summed E-state index contributed by atoms with van der Waals surface area (Å²) in [5.41, 5.74) is 0. The second-order valence-electron chi connectivity index (χ2n) is 4.75. The summed E-state index contributed by atoms with van der Waals surface area (Å²) in [5.74, 6) is -0.516. The van der Waals surface area contributed by atoms with E-state index in [1.165, 1.54) is 0 Å². The molecule has 1 heterocycles. The van der Waals surface area contributed by atoms with Crippen LogP contribution in [0.5, 0.6) is 0 Å². The van der Waals surface area contributed by atoms with Crippen LogP contribution in [0.2, 0.25) is 0 Å². The number of hydrogen-bond acceptors (Lipinski definition) is 5. The highest BCUT2D eigenvalue weighted by Gasteiger charge is 2.51. The van der Waals surface area contributed by atoms with Gasteiger partial charge >= 0.3 is 5.97 Å². The summed E-state index contributed by atoms with van der Waals surface area (Å²) in [6.07, 6.45) is -0.882. The van der Waals surface area contributed by atoms with Gasteiger partial charge in [-0.15, -0.1) is 0 Å². The molecule has 104 valence electrons. The highest BCUT2D eigenvalue weighted by atomic mass is 16.6. The van der Waals surface area contributed by atoms with Gasteiger partial charge in [-0.05, 0) is 19.3 Å². The molecule has 3 atom stereocenters. The lowest BCUT2D eigenvalue weighted by Crippen LogP contribution is -2.41. The number of aliphatic hydroxyl groups excluding tert-OH is 1. The summed E-state index contributed by atoms with van der Waals surface area (Å²) in [4.78, 5) is 23.0. The zero-order chi connectivity index (χ0) is 13.7. The van der Waals surface area contributed by atoms with E-state index in [0.717, 1.165) is 0 Å². The Morgan fingerprint density at radius 1 is 1.39 bits per heavy atom. The Morgan fingerprint density at radius 2 is 2.06 bits per heavy atom. The van der Waals surface area contributed by atoms with Crippen LogP contribution in [0.15, 0.2) is 0 Å². The van der Waals surface area contributed by atoms with E-state index < -0.39 is 18.2 Å². The predicted octanol–water partition coefficient (Wildman–Crippen LogP) is -0.160. The van der Waals surface area contributed by atoms with E-state index in [2.05, 4.69) is 5.32 Å². The van der Waals surface area contributed by atoms with Gasteiger partial charge in [0, 0.05) is 0 Å². The minimum Gasteiger partial charge on any atom is -0.464 e. The number of epoxide rings is 1. The number of aliphatic hydroxyl groups is 1. The molecule has 1 rings (SSSR count). The van der Waals surface area contributed by atoms with Gasteiger partial charge in [0.2, 0.25) is 0 Å². The first-order valence-electron chi connectivity index (χ1n) is 6.22. The summed E-state index contributed by atoms with van der Waals surface area (Å²) in [6, 6.07) is -0.301. The van der Waals surface area contributed by atoms with E-state index in [-0.39, 0.29) is 25.2 Å². The molecular formula is C12H21NO5. The molecule has 1 fully saturated rings. The normalized spacial score (nSPS) is 23.6. The lowest BCUT2D eigenvalue weighted by atomic mass is 10.0. The molecular weight excluding hydrogens is 238 g/mol. The number of ether oxygens (including phenoxy) is 2. The standard InChI is InChI=1S/C12H21NO5/c1-4-17-12(16)10-9(18-10)11(15)13-8(6-14)5-7(2)3/h7-10,14H,4-6H2,1-3H3,(H,13,15)/t8-,9-,10-/m0/s1. The maximum Gasteiger partial charge on any atom is 0.338 e. The molecule has 6 nitrogen and oxygen atoms in total. The molecule has 1 amide bonds. The van der Waals surface area contributed by atoms with Gasteiger partial charge in [-0.1, -0.05) is 13.8 Å². The smallest absolute Gasteiger partial charge is 0.338 e. The quantitative estimate of drug-likeness (QED) is 0.490. The van der Waals surface area contributed by atoms with Gasteiger partial charge in [0.05, 0.1) is 19.3 Å². The van der Waals surface area contributed by atoms with Crippen molar-refractivity contribution in [3.63, 3.8) is 0 Å². The molecule has 0 aromatic heterocycles. The number of carbonyl (C=O) groups is 2. The third kappa shape index (κ3) is 4.27. The number of hydrogen-bond donors (Lipinski definition) is 2. The Bertz CT molecular complexity index is 305. The number of carbonyl (C=O) groups excluding carboxylic acids is 2. The highest BCUT2D eigenvalue weighted by Crippen LogP contribution is 2.23. The number of esters is 1. The zero-order valence-corrected chi connectivity index (χ0v) is 11.0. The topological polar surface area (TPSA) is 88.2 Å². The first-order valence-corrected chi connectivity index (χ1v) is 6.22. The number of amides is 1. The van der Waals surface area contributed by atoms with Crippen molar-refractivity contribution >= 4 is 11.9 Å². The monoisotopic (exact) mass is 259 g/mol. The number of nitrogens with one attached hydrogen (secondary N) is 1. The molecule has 0 bridgehead atoms. The van der Waals surface area contributed by atoms with Crippen molar-refractivity contribution in [1.29, 1.82) is 0 Å². The highest BCUT2D eigenvalue weighted by molar-refractivity contribution is 5.92. The van der Waals surface area contributed by atoms with Crippen molar-refractivity contribution < 1.29 is 24.2 Å². The van der Waals surface area contributed by atoms with E-state index in [9.17, 15) is 9.59 Å². The van der Waals surface area contributed by atoms with Crippen LogP contribution in [0.25, 0.3) is 0 Å². The molecule has 1 aliphatic heterocycles. The molecule has 0 unspecified atom stereocenters. The Kier molecular flexibility index (Phi) is 5.55. The largest absolute Gasteiger partial charge is 0.464 e. The molecule has 0 aromatic carbocycles. The summed E-state index contributed by atoms with van der Waals surface area (Å²) in [7, 11) is 0. The molecule has 2 N–H and O–H groups in total. The first kappa shape index (κ1) is 14.9. The van der Waals surface area contributed by atoms with Gasteiger partial charge in [-0.2, -0.15) is 0 Å². The molecule has 1 saturated heterocycles. The van der Waals surface area contributed by atoms with E-state index in [0.29, 0.717) is 12.3 Å². The van der Waals surface area contributed by atoms with Crippen LogP contribution in [-0.2, 0) is 19.1 Å². The van der Waals surface area contributed by atoms with E-state index in [1.54, 1.807) is 6.92 Å². The second kappa shape index (κ2) is 6.70. The molecule has 0 spiro atoms. The summed E-state index contributed by atoms with van der Waals surface area (Å²) in [6.45, 7) is 5.84. The average Bonchev–Trinajstić information content (AvgIpc) is 3.07. The lowest BCUT2D eigenvalue weighted by molar-refractivity contribution is -0.144. The fraction of sp³-hybridized carbons (Fsp3) is 0.833. The Hall–Kier alpha value is -1.14. The summed E-state index contributed by atoms with van der Waals surface area (Å²) >= 11 is 0. The maximum absolute atomic E-state index is 11.7. The van der Waals surface area contributed by atoms with Crippen molar-refractivity contribution in [2.24, 2.45) is 5.92 Å². The SMILES string of the molecule is CCOC(=O)[C@H]1O[C@@H]1C(=O)N[C@H](CO)CC(C)C. The molecule has 0 saturated carbocycles.